The zero-order valence-electron chi connectivity index (χ0n) is 23.9. The van der Waals surface area contributed by atoms with Crippen molar-refractivity contribution in [3.8, 4) is 22.5 Å². The molecule has 3 aromatic carbocycles. The summed E-state index contributed by atoms with van der Waals surface area (Å²) in [7, 11) is 0. The van der Waals surface area contributed by atoms with E-state index in [4.69, 9.17) is 12.6 Å². The average molecular weight is 625 g/mol. The summed E-state index contributed by atoms with van der Waals surface area (Å²) in [6, 6.07) is 31.5. The second-order valence-electron chi connectivity index (χ2n) is 7.33. The van der Waals surface area contributed by atoms with Crippen molar-refractivity contribution in [1.29, 1.82) is 0 Å². The third-order valence-corrected chi connectivity index (χ3v) is 5.11. The van der Waals surface area contributed by atoms with E-state index in [1.54, 1.807) is 18.3 Å². The molecule has 3 aromatic heterocycles. The number of benzene rings is 3. The van der Waals surface area contributed by atoms with Gasteiger partial charge in [0.05, 0.1) is 5.58 Å². The summed E-state index contributed by atoms with van der Waals surface area (Å²) in [5.74, 6) is 0. The molecule has 169 valence electrons. The fourth-order valence-electron chi connectivity index (χ4n) is 3.53. The van der Waals surface area contributed by atoms with Crippen molar-refractivity contribution >= 4 is 21.9 Å². The standard InChI is InChI=1S/C17H10NO.C13H12N.Ir/c1-2-10-16-12(6-1)13-7-5-8-14(17(13)19-16)15-9-3-4-11-18-15;1-10-3-6-12(7-4-10)13-8-5-11(2)9-14-13;/h1-7,9-11H;3-6,8-9H,1-2H3;/q2*-1;/i;1D3,2D3;. The minimum absolute atomic E-state index is 0. The number of hydrogen-bond donors (Lipinski definition) is 0. The van der Waals surface area contributed by atoms with Crippen LogP contribution in [0.2, 0.25) is 0 Å². The van der Waals surface area contributed by atoms with Gasteiger partial charge in [-0.05, 0) is 35.9 Å². The first kappa shape index (κ1) is 16.9. The molecular weight excluding hydrogens is 597 g/mol. The maximum absolute atomic E-state index is 7.28. The largest absolute Gasteiger partial charge is 0.501 e. The Bertz CT molecular complexity index is 1660. The van der Waals surface area contributed by atoms with Gasteiger partial charge in [-0.25, -0.2) is 0 Å². The van der Waals surface area contributed by atoms with Crippen LogP contribution in [0, 0.1) is 25.8 Å². The number of furan rings is 1. The van der Waals surface area contributed by atoms with E-state index in [1.165, 1.54) is 24.4 Å². The summed E-state index contributed by atoms with van der Waals surface area (Å²) < 4.78 is 49.6. The van der Waals surface area contributed by atoms with Crippen molar-refractivity contribution in [3.05, 3.63) is 121 Å². The number of aromatic nitrogens is 2. The van der Waals surface area contributed by atoms with Gasteiger partial charge in [-0.2, -0.15) is 0 Å². The molecule has 0 bridgehead atoms. The van der Waals surface area contributed by atoms with Crippen LogP contribution in [-0.4, -0.2) is 9.97 Å². The number of para-hydroxylation sites is 1. The molecule has 0 unspecified atom stereocenters. The molecule has 6 aromatic rings. The van der Waals surface area contributed by atoms with E-state index in [0.717, 1.165) is 33.2 Å². The number of pyridine rings is 2. The molecule has 34 heavy (non-hydrogen) atoms. The molecule has 0 aliphatic heterocycles. The topological polar surface area (TPSA) is 38.9 Å². The van der Waals surface area contributed by atoms with E-state index in [2.05, 4.69) is 28.2 Å². The molecule has 1 radical (unpaired) electrons. The van der Waals surface area contributed by atoms with Crippen LogP contribution in [0.4, 0.5) is 0 Å². The van der Waals surface area contributed by atoms with Crippen molar-refractivity contribution < 1.29 is 32.7 Å². The Kier molecular flexibility index (Phi) is 5.26. The monoisotopic (exact) mass is 625 g/mol. The molecule has 0 fully saturated rings. The van der Waals surface area contributed by atoms with Crippen LogP contribution < -0.4 is 0 Å². The van der Waals surface area contributed by atoms with Gasteiger partial charge in [-0.1, -0.05) is 60.3 Å². The third kappa shape index (κ3) is 4.99. The molecule has 3 nitrogen and oxygen atoms in total. The predicted molar refractivity (Wildman–Crippen MR) is 134 cm³/mol. The molecule has 0 saturated carbocycles. The van der Waals surface area contributed by atoms with Crippen LogP contribution in [-0.2, 0) is 20.1 Å². The summed E-state index contributed by atoms with van der Waals surface area (Å²) in [5, 5.41) is 2.23. The van der Waals surface area contributed by atoms with Gasteiger partial charge in [0.1, 0.15) is 5.58 Å². The Labute approximate surface area is 221 Å². The van der Waals surface area contributed by atoms with Crippen molar-refractivity contribution in [2.45, 2.75) is 13.7 Å². The molecule has 3 heterocycles. The van der Waals surface area contributed by atoms with Gasteiger partial charge in [0, 0.05) is 46.1 Å². The van der Waals surface area contributed by atoms with Crippen LogP contribution in [0.3, 0.4) is 0 Å². The zero-order valence-corrected chi connectivity index (χ0v) is 20.3. The summed E-state index contributed by atoms with van der Waals surface area (Å²) in [4.78, 5) is 8.45. The fraction of sp³-hybridized carbons (Fsp3) is 0.0667. The van der Waals surface area contributed by atoms with E-state index < -0.39 is 13.7 Å². The SMILES string of the molecule is [2H]C([2H])([2H])c1c[c-]c(-c2ccc(C([2H])([2H])[2H])cn2)cc1.[Ir].[c-]1ccc2c(oc3ccccc32)c1-c1ccccn1. The van der Waals surface area contributed by atoms with Gasteiger partial charge in [0.2, 0.25) is 0 Å². The molecule has 0 N–H and O–H groups in total. The van der Waals surface area contributed by atoms with Crippen LogP contribution in [0.15, 0.2) is 102 Å². The molecule has 4 heteroatoms. The predicted octanol–water partition coefficient (Wildman–Crippen LogP) is 7.61. The van der Waals surface area contributed by atoms with Crippen molar-refractivity contribution in [3.63, 3.8) is 0 Å². The van der Waals surface area contributed by atoms with Crippen molar-refractivity contribution in [2.75, 3.05) is 0 Å². The summed E-state index contributed by atoms with van der Waals surface area (Å²) in [6.07, 6.45) is 3.08. The van der Waals surface area contributed by atoms with Crippen molar-refractivity contribution in [2.24, 2.45) is 0 Å². The zero-order chi connectivity index (χ0) is 27.6. The first-order valence-electron chi connectivity index (χ1n) is 13.3. The van der Waals surface area contributed by atoms with E-state index in [9.17, 15) is 0 Å². The molecule has 0 amide bonds. The molecular formula is C30H22IrN2O-2. The Morgan fingerprint density at radius 2 is 1.62 bits per heavy atom. The Balaban J connectivity index is 0.000000180. The molecule has 0 spiro atoms. The van der Waals surface area contributed by atoms with Crippen LogP contribution in [0.1, 0.15) is 19.4 Å². The second kappa shape index (κ2) is 10.6. The van der Waals surface area contributed by atoms with E-state index in [-0.39, 0.29) is 31.2 Å². The second-order valence-corrected chi connectivity index (χ2v) is 7.33. The van der Waals surface area contributed by atoms with Gasteiger partial charge < -0.3 is 14.4 Å². The summed E-state index contributed by atoms with van der Waals surface area (Å²) in [6.45, 7) is -4.34. The van der Waals surface area contributed by atoms with Crippen molar-refractivity contribution in [1.82, 2.24) is 9.97 Å². The van der Waals surface area contributed by atoms with Gasteiger partial charge in [0.15, 0.2) is 0 Å². The van der Waals surface area contributed by atoms with E-state index >= 15 is 0 Å². The van der Waals surface area contributed by atoms with Gasteiger partial charge >= 0.3 is 0 Å². The first-order chi connectivity index (χ1) is 18.6. The maximum Gasteiger partial charge on any atom is 0.120 e. The quantitative estimate of drug-likeness (QED) is 0.186. The van der Waals surface area contributed by atoms with E-state index in [1.807, 2.05) is 48.5 Å². The van der Waals surface area contributed by atoms with Crippen LogP contribution in [0.25, 0.3) is 44.5 Å². The smallest absolute Gasteiger partial charge is 0.120 e. The number of fused-ring (bicyclic) bond motifs is 3. The average Bonchev–Trinajstić information content (AvgIpc) is 3.32. The molecule has 0 atom stereocenters. The third-order valence-electron chi connectivity index (χ3n) is 5.11. The number of rotatable bonds is 2. The van der Waals surface area contributed by atoms with Gasteiger partial charge in [-0.15, -0.1) is 53.6 Å². The Hall–Kier alpha value is -3.59. The molecule has 0 aliphatic carbocycles. The Morgan fingerprint density at radius 3 is 2.35 bits per heavy atom. The minimum Gasteiger partial charge on any atom is -0.501 e. The molecule has 0 saturated heterocycles. The molecule has 6 rings (SSSR count). The minimum atomic E-state index is -2.18. The van der Waals surface area contributed by atoms with Crippen LogP contribution >= 0.6 is 0 Å². The number of nitrogens with zero attached hydrogens (tertiary/aromatic N) is 2. The summed E-state index contributed by atoms with van der Waals surface area (Å²) in [5.41, 5.74) is 5.09. The Morgan fingerprint density at radius 1 is 0.765 bits per heavy atom. The molecule has 0 aliphatic rings. The van der Waals surface area contributed by atoms with Gasteiger partial charge in [0.25, 0.3) is 0 Å². The normalized spacial score (nSPS) is 13.8. The summed E-state index contributed by atoms with van der Waals surface area (Å²) >= 11 is 0. The first-order valence-corrected chi connectivity index (χ1v) is 10.3. The number of aryl methyl sites for hydroxylation is 2. The van der Waals surface area contributed by atoms with E-state index in [0.29, 0.717) is 11.3 Å². The number of hydrogen-bond acceptors (Lipinski definition) is 3. The maximum atomic E-state index is 7.28. The van der Waals surface area contributed by atoms with Gasteiger partial charge in [-0.3, -0.25) is 0 Å². The van der Waals surface area contributed by atoms with Crippen LogP contribution in [0.5, 0.6) is 0 Å². The fourth-order valence-corrected chi connectivity index (χ4v) is 3.53.